The molecule has 0 amide bonds. The van der Waals surface area contributed by atoms with Crippen LogP contribution in [0.2, 0.25) is 0 Å². The van der Waals surface area contributed by atoms with Crippen molar-refractivity contribution < 1.29 is 12.9 Å². The molecule has 0 saturated carbocycles. The zero-order valence-electron chi connectivity index (χ0n) is 14.8. The van der Waals surface area contributed by atoms with Gasteiger partial charge in [0, 0.05) is 10.8 Å². The van der Waals surface area contributed by atoms with Gasteiger partial charge in [-0.15, -0.1) is 11.3 Å². The molecule has 1 atom stereocenters. The lowest BCUT2D eigenvalue weighted by Gasteiger charge is -2.16. The summed E-state index contributed by atoms with van der Waals surface area (Å²) in [5, 5.41) is 5.56. The van der Waals surface area contributed by atoms with Crippen molar-refractivity contribution in [1.29, 1.82) is 0 Å². The molecule has 2 heterocycles. The molecule has 138 valence electrons. The van der Waals surface area contributed by atoms with Gasteiger partial charge in [0.25, 0.3) is 15.9 Å². The molecule has 0 saturated heterocycles. The largest absolute Gasteiger partial charge is 0.336 e. The fraction of sp³-hybridized carbons (Fsp3) is 0.278. The van der Waals surface area contributed by atoms with Crippen molar-refractivity contribution >= 4 is 43.2 Å². The monoisotopic (exact) mass is 454 g/mol. The summed E-state index contributed by atoms with van der Waals surface area (Å²) in [6, 6.07) is 7.85. The van der Waals surface area contributed by atoms with E-state index in [4.69, 9.17) is 4.52 Å². The third kappa shape index (κ3) is 3.58. The van der Waals surface area contributed by atoms with Crippen LogP contribution in [0, 0.1) is 20.8 Å². The molecule has 0 aliphatic heterocycles. The first kappa shape index (κ1) is 19.1. The number of benzene rings is 1. The molecule has 1 unspecified atom stereocenters. The molecule has 8 heteroatoms. The van der Waals surface area contributed by atoms with Crippen LogP contribution in [-0.4, -0.2) is 13.6 Å². The molecule has 0 spiro atoms. The number of anilines is 1. The Hall–Kier alpha value is -1.64. The summed E-state index contributed by atoms with van der Waals surface area (Å²) in [7, 11) is -3.79. The molecular weight excluding hydrogens is 436 g/mol. The molecule has 1 N–H and O–H groups in total. The second-order valence-electron chi connectivity index (χ2n) is 6.25. The molecule has 0 radical (unpaired) electrons. The highest BCUT2D eigenvalue weighted by Crippen LogP contribution is 2.37. The van der Waals surface area contributed by atoms with E-state index in [2.05, 4.69) is 37.9 Å². The first-order chi connectivity index (χ1) is 12.2. The number of rotatable bonds is 5. The SMILES string of the molecule is Cc1ccc(C(C)c2sccc2S(=O)(=O)Nc2onc(C)c2Br)c(C)c1. The second kappa shape index (κ2) is 7.17. The molecule has 0 bridgehead atoms. The van der Waals surface area contributed by atoms with Crippen LogP contribution in [0.4, 0.5) is 5.88 Å². The molecule has 26 heavy (non-hydrogen) atoms. The number of halogens is 1. The lowest BCUT2D eigenvalue weighted by atomic mass is 9.94. The third-order valence-electron chi connectivity index (χ3n) is 4.25. The Morgan fingerprint density at radius 3 is 2.58 bits per heavy atom. The van der Waals surface area contributed by atoms with Crippen molar-refractivity contribution in [3.05, 3.63) is 61.4 Å². The van der Waals surface area contributed by atoms with Crippen molar-refractivity contribution in [2.75, 3.05) is 4.72 Å². The van der Waals surface area contributed by atoms with Crippen LogP contribution in [-0.2, 0) is 10.0 Å². The van der Waals surface area contributed by atoms with Gasteiger partial charge in [0.2, 0.25) is 0 Å². The highest BCUT2D eigenvalue weighted by Gasteiger charge is 2.27. The van der Waals surface area contributed by atoms with Crippen molar-refractivity contribution in [3.63, 3.8) is 0 Å². The van der Waals surface area contributed by atoms with Gasteiger partial charge in [-0.3, -0.25) is 0 Å². The number of hydrogen-bond acceptors (Lipinski definition) is 5. The van der Waals surface area contributed by atoms with Crippen LogP contribution in [0.3, 0.4) is 0 Å². The molecule has 2 aromatic heterocycles. The van der Waals surface area contributed by atoms with Crippen LogP contribution in [0.5, 0.6) is 0 Å². The zero-order valence-corrected chi connectivity index (χ0v) is 18.0. The van der Waals surface area contributed by atoms with Gasteiger partial charge in [-0.25, -0.2) is 13.1 Å². The summed E-state index contributed by atoms with van der Waals surface area (Å²) in [4.78, 5) is 1.05. The minimum absolute atomic E-state index is 0.0397. The van der Waals surface area contributed by atoms with Crippen LogP contribution in [0.15, 0.2) is 43.5 Å². The van der Waals surface area contributed by atoms with Crippen LogP contribution >= 0.6 is 27.3 Å². The van der Waals surface area contributed by atoms with E-state index in [1.807, 2.05) is 26.8 Å². The summed E-state index contributed by atoms with van der Waals surface area (Å²) < 4.78 is 33.9. The van der Waals surface area contributed by atoms with E-state index in [0.29, 0.717) is 10.2 Å². The van der Waals surface area contributed by atoms with E-state index in [9.17, 15) is 8.42 Å². The molecule has 5 nitrogen and oxygen atoms in total. The van der Waals surface area contributed by atoms with Crippen molar-refractivity contribution in [2.45, 2.75) is 38.5 Å². The quantitative estimate of drug-likeness (QED) is 0.561. The summed E-state index contributed by atoms with van der Waals surface area (Å²) in [6.07, 6.45) is 0. The number of aryl methyl sites for hydroxylation is 3. The molecule has 3 rings (SSSR count). The first-order valence-corrected chi connectivity index (χ1v) is 11.2. The van der Waals surface area contributed by atoms with E-state index >= 15 is 0 Å². The second-order valence-corrected chi connectivity index (χ2v) is 9.64. The van der Waals surface area contributed by atoms with Gasteiger partial charge in [0.1, 0.15) is 9.37 Å². The molecule has 0 aliphatic rings. The highest BCUT2D eigenvalue weighted by molar-refractivity contribution is 9.10. The average molecular weight is 455 g/mol. The molecule has 0 aliphatic carbocycles. The fourth-order valence-electron chi connectivity index (χ4n) is 2.90. The van der Waals surface area contributed by atoms with Gasteiger partial charge < -0.3 is 4.52 Å². The minimum Gasteiger partial charge on any atom is -0.336 e. The maximum absolute atomic E-state index is 12.9. The summed E-state index contributed by atoms with van der Waals surface area (Å²) in [6.45, 7) is 7.84. The van der Waals surface area contributed by atoms with E-state index < -0.39 is 10.0 Å². The number of thiophene rings is 1. The van der Waals surface area contributed by atoms with Crippen LogP contribution < -0.4 is 4.72 Å². The van der Waals surface area contributed by atoms with E-state index in [1.54, 1.807) is 18.4 Å². The van der Waals surface area contributed by atoms with E-state index in [-0.39, 0.29) is 16.7 Å². The number of hydrogen-bond donors (Lipinski definition) is 1. The molecular formula is C18H19BrN2O3S2. The van der Waals surface area contributed by atoms with Gasteiger partial charge >= 0.3 is 0 Å². The predicted molar refractivity (Wildman–Crippen MR) is 108 cm³/mol. The molecule has 1 aromatic carbocycles. The number of nitrogens with zero attached hydrogens (tertiary/aromatic N) is 1. The Bertz CT molecular complexity index is 1050. The normalized spacial score (nSPS) is 13.0. The third-order valence-corrected chi connectivity index (χ3v) is 7.80. The highest BCUT2D eigenvalue weighted by atomic mass is 79.9. The Morgan fingerprint density at radius 2 is 1.96 bits per heavy atom. The smallest absolute Gasteiger partial charge is 0.265 e. The zero-order chi connectivity index (χ0) is 19.1. The Balaban J connectivity index is 1.98. The van der Waals surface area contributed by atoms with Crippen LogP contribution in [0.1, 0.15) is 40.1 Å². The maximum atomic E-state index is 12.9. The van der Waals surface area contributed by atoms with Crippen molar-refractivity contribution in [2.24, 2.45) is 0 Å². The number of aromatic nitrogens is 1. The predicted octanol–water partition coefficient (Wildman–Crippen LogP) is 5.38. The fourth-order valence-corrected chi connectivity index (χ4v) is 5.88. The standard InChI is InChI=1S/C18H19BrN2O3S2/c1-10-5-6-14(11(2)9-10)12(3)17-15(7-8-25-17)26(22,23)21-18-16(19)13(4)20-24-18/h5-9,12,21H,1-4H3. The topological polar surface area (TPSA) is 72.2 Å². The van der Waals surface area contributed by atoms with E-state index in [1.165, 1.54) is 16.9 Å². The molecule has 0 fully saturated rings. The van der Waals surface area contributed by atoms with Crippen LogP contribution in [0.25, 0.3) is 0 Å². The minimum atomic E-state index is -3.79. The van der Waals surface area contributed by atoms with Gasteiger partial charge in [0.15, 0.2) is 0 Å². The lowest BCUT2D eigenvalue weighted by Crippen LogP contribution is -2.14. The maximum Gasteiger partial charge on any atom is 0.265 e. The lowest BCUT2D eigenvalue weighted by molar-refractivity contribution is 0.430. The van der Waals surface area contributed by atoms with Crippen molar-refractivity contribution in [1.82, 2.24) is 5.16 Å². The van der Waals surface area contributed by atoms with Gasteiger partial charge in [-0.2, -0.15) is 0 Å². The number of nitrogens with one attached hydrogen (secondary N) is 1. The Morgan fingerprint density at radius 1 is 1.23 bits per heavy atom. The van der Waals surface area contributed by atoms with Gasteiger partial charge in [-0.05, 0) is 59.3 Å². The first-order valence-electron chi connectivity index (χ1n) is 8.00. The van der Waals surface area contributed by atoms with Gasteiger partial charge in [0.05, 0.1) is 5.69 Å². The average Bonchev–Trinajstić information content (AvgIpc) is 3.17. The Labute approximate surface area is 165 Å². The van der Waals surface area contributed by atoms with Gasteiger partial charge in [-0.1, -0.05) is 35.8 Å². The number of sulfonamides is 1. The summed E-state index contributed by atoms with van der Waals surface area (Å²) in [5.41, 5.74) is 4.03. The Kier molecular flexibility index (Phi) is 5.28. The summed E-state index contributed by atoms with van der Waals surface area (Å²) >= 11 is 4.72. The van der Waals surface area contributed by atoms with Crippen molar-refractivity contribution in [3.8, 4) is 0 Å². The van der Waals surface area contributed by atoms with E-state index in [0.717, 1.165) is 16.0 Å². The summed E-state index contributed by atoms with van der Waals surface area (Å²) in [5.74, 6) is 0.0425. The molecule has 3 aromatic rings.